The predicted molar refractivity (Wildman–Crippen MR) is 88.5 cm³/mol. The van der Waals surface area contributed by atoms with E-state index in [0.717, 1.165) is 36.8 Å². The van der Waals surface area contributed by atoms with E-state index in [9.17, 15) is 4.79 Å². The van der Waals surface area contributed by atoms with Crippen LogP contribution < -0.4 is 0 Å². The molecule has 2 atom stereocenters. The molecule has 0 aromatic heterocycles. The Labute approximate surface area is 135 Å². The number of aldehydes is 1. The van der Waals surface area contributed by atoms with Gasteiger partial charge in [0.05, 0.1) is 6.04 Å². The molecular weight excluding hydrogens is 328 g/mol. The van der Waals surface area contributed by atoms with Gasteiger partial charge in [-0.1, -0.05) is 22.0 Å². The van der Waals surface area contributed by atoms with Crippen molar-refractivity contribution in [2.45, 2.75) is 38.3 Å². The van der Waals surface area contributed by atoms with E-state index in [2.05, 4.69) is 50.9 Å². The molecule has 1 aromatic carbocycles. The highest BCUT2D eigenvalue weighted by Gasteiger charge is 2.28. The van der Waals surface area contributed by atoms with Crippen LogP contribution >= 0.6 is 15.9 Å². The summed E-state index contributed by atoms with van der Waals surface area (Å²) in [6.45, 7) is 6.57. The number of hydrogen-bond acceptors (Lipinski definition) is 3. The minimum absolute atomic E-state index is 0.0795. The molecule has 1 aromatic rings. The third-order valence-electron chi connectivity index (χ3n) is 4.98. The SMILES string of the molecule is CC1CCCN1CCN1CCc2ccc(Br)cc2[C@@H]1C=O. The summed E-state index contributed by atoms with van der Waals surface area (Å²) in [6, 6.07) is 6.95. The van der Waals surface area contributed by atoms with Gasteiger partial charge in [0.15, 0.2) is 0 Å². The number of carbonyl (C=O) groups excluding carboxylic acids is 1. The van der Waals surface area contributed by atoms with Crippen molar-refractivity contribution in [3.8, 4) is 0 Å². The molecule has 0 radical (unpaired) electrons. The first-order chi connectivity index (χ1) is 10.2. The quantitative estimate of drug-likeness (QED) is 0.779. The van der Waals surface area contributed by atoms with Crippen LogP contribution in [0.25, 0.3) is 0 Å². The van der Waals surface area contributed by atoms with E-state index in [0.29, 0.717) is 6.04 Å². The van der Waals surface area contributed by atoms with Crippen LogP contribution in [0.3, 0.4) is 0 Å². The first-order valence-electron chi connectivity index (χ1n) is 7.91. The van der Waals surface area contributed by atoms with Crippen molar-refractivity contribution < 1.29 is 4.79 Å². The molecule has 0 spiro atoms. The number of benzene rings is 1. The summed E-state index contributed by atoms with van der Waals surface area (Å²) in [6.07, 6.45) is 4.78. The van der Waals surface area contributed by atoms with E-state index in [1.165, 1.54) is 30.5 Å². The topological polar surface area (TPSA) is 23.6 Å². The maximum Gasteiger partial charge on any atom is 0.141 e. The van der Waals surface area contributed by atoms with Crippen LogP contribution in [0.2, 0.25) is 0 Å². The van der Waals surface area contributed by atoms with Gasteiger partial charge in [-0.05, 0) is 56.0 Å². The Morgan fingerprint density at radius 3 is 2.81 bits per heavy atom. The van der Waals surface area contributed by atoms with Crippen LogP contribution in [0.15, 0.2) is 22.7 Å². The number of carbonyl (C=O) groups is 1. The van der Waals surface area contributed by atoms with Crippen LogP contribution in [0.5, 0.6) is 0 Å². The van der Waals surface area contributed by atoms with Crippen LogP contribution in [0, 0.1) is 0 Å². The first-order valence-corrected chi connectivity index (χ1v) is 8.70. The Kier molecular flexibility index (Phi) is 4.77. The van der Waals surface area contributed by atoms with Crippen molar-refractivity contribution in [3.63, 3.8) is 0 Å². The number of rotatable bonds is 4. The molecule has 1 saturated heterocycles. The zero-order chi connectivity index (χ0) is 14.8. The molecule has 0 amide bonds. The fraction of sp³-hybridized carbons (Fsp3) is 0.588. The fourth-order valence-corrected chi connectivity index (χ4v) is 4.04. The minimum atomic E-state index is -0.0795. The predicted octanol–water partition coefficient (Wildman–Crippen LogP) is 3.03. The molecule has 0 bridgehead atoms. The van der Waals surface area contributed by atoms with Gasteiger partial charge in [-0.25, -0.2) is 0 Å². The van der Waals surface area contributed by atoms with Gasteiger partial charge >= 0.3 is 0 Å². The van der Waals surface area contributed by atoms with Gasteiger partial charge in [0.2, 0.25) is 0 Å². The molecular formula is C17H23BrN2O. The second-order valence-electron chi connectivity index (χ2n) is 6.24. The minimum Gasteiger partial charge on any atom is -0.301 e. The molecule has 3 rings (SSSR count). The van der Waals surface area contributed by atoms with E-state index in [-0.39, 0.29) is 6.04 Å². The molecule has 1 unspecified atom stereocenters. The monoisotopic (exact) mass is 350 g/mol. The zero-order valence-electron chi connectivity index (χ0n) is 12.6. The Morgan fingerprint density at radius 2 is 2.10 bits per heavy atom. The maximum atomic E-state index is 11.6. The molecule has 21 heavy (non-hydrogen) atoms. The van der Waals surface area contributed by atoms with Gasteiger partial charge in [0, 0.05) is 30.1 Å². The van der Waals surface area contributed by atoms with Crippen molar-refractivity contribution in [1.82, 2.24) is 9.80 Å². The van der Waals surface area contributed by atoms with E-state index in [4.69, 9.17) is 0 Å². The lowest BCUT2D eigenvalue weighted by atomic mass is 9.93. The number of hydrogen-bond donors (Lipinski definition) is 0. The van der Waals surface area contributed by atoms with Gasteiger partial charge < -0.3 is 4.79 Å². The highest BCUT2D eigenvalue weighted by Crippen LogP contribution is 2.30. The van der Waals surface area contributed by atoms with Gasteiger partial charge in [0.25, 0.3) is 0 Å². The third kappa shape index (κ3) is 3.22. The first kappa shape index (κ1) is 15.2. The zero-order valence-corrected chi connectivity index (χ0v) is 14.2. The van der Waals surface area contributed by atoms with Crippen molar-refractivity contribution in [2.24, 2.45) is 0 Å². The molecule has 2 aliphatic rings. The maximum absolute atomic E-state index is 11.6. The molecule has 2 aliphatic heterocycles. The molecule has 4 heteroatoms. The number of likely N-dealkylation sites (tertiary alicyclic amines) is 1. The Hall–Kier alpha value is -0.710. The molecule has 2 heterocycles. The lowest BCUT2D eigenvalue weighted by Gasteiger charge is -2.35. The van der Waals surface area contributed by atoms with Gasteiger partial charge in [-0.15, -0.1) is 0 Å². The Bertz CT molecular complexity index is 520. The number of nitrogens with zero attached hydrogens (tertiary/aromatic N) is 2. The van der Waals surface area contributed by atoms with Crippen LogP contribution in [0.4, 0.5) is 0 Å². The summed E-state index contributed by atoms with van der Waals surface area (Å²) in [7, 11) is 0. The average molecular weight is 351 g/mol. The van der Waals surface area contributed by atoms with Gasteiger partial charge in [-0.3, -0.25) is 9.80 Å². The third-order valence-corrected chi connectivity index (χ3v) is 5.48. The second kappa shape index (κ2) is 6.59. The Morgan fingerprint density at radius 1 is 1.29 bits per heavy atom. The summed E-state index contributed by atoms with van der Waals surface area (Å²) >= 11 is 3.53. The fourth-order valence-electron chi connectivity index (χ4n) is 3.66. The highest BCUT2D eigenvalue weighted by molar-refractivity contribution is 9.10. The lowest BCUT2D eigenvalue weighted by Crippen LogP contribution is -2.42. The van der Waals surface area contributed by atoms with Crippen molar-refractivity contribution >= 4 is 22.2 Å². The average Bonchev–Trinajstić information content (AvgIpc) is 2.89. The van der Waals surface area contributed by atoms with E-state index in [1.54, 1.807) is 0 Å². The van der Waals surface area contributed by atoms with Gasteiger partial charge in [-0.2, -0.15) is 0 Å². The van der Waals surface area contributed by atoms with Crippen molar-refractivity contribution in [2.75, 3.05) is 26.2 Å². The van der Waals surface area contributed by atoms with Crippen LogP contribution in [-0.4, -0.2) is 48.3 Å². The van der Waals surface area contributed by atoms with Gasteiger partial charge in [0.1, 0.15) is 6.29 Å². The summed E-state index contributed by atoms with van der Waals surface area (Å²) in [5.41, 5.74) is 2.50. The molecule has 0 N–H and O–H groups in total. The number of fused-ring (bicyclic) bond motifs is 1. The molecule has 0 saturated carbocycles. The normalized spacial score (nSPS) is 26.8. The summed E-state index contributed by atoms with van der Waals surface area (Å²) < 4.78 is 1.06. The molecule has 0 aliphatic carbocycles. The lowest BCUT2D eigenvalue weighted by molar-refractivity contribution is -0.113. The van der Waals surface area contributed by atoms with E-state index < -0.39 is 0 Å². The smallest absolute Gasteiger partial charge is 0.141 e. The molecule has 114 valence electrons. The van der Waals surface area contributed by atoms with Crippen molar-refractivity contribution in [3.05, 3.63) is 33.8 Å². The van der Waals surface area contributed by atoms with E-state index in [1.807, 2.05) is 0 Å². The summed E-state index contributed by atoms with van der Waals surface area (Å²) in [5.74, 6) is 0. The highest BCUT2D eigenvalue weighted by atomic mass is 79.9. The van der Waals surface area contributed by atoms with Crippen LogP contribution in [0.1, 0.15) is 36.9 Å². The van der Waals surface area contributed by atoms with E-state index >= 15 is 0 Å². The van der Waals surface area contributed by atoms with Crippen LogP contribution in [-0.2, 0) is 11.2 Å². The summed E-state index contributed by atoms with van der Waals surface area (Å²) in [4.78, 5) is 16.5. The van der Waals surface area contributed by atoms with Crippen molar-refractivity contribution in [1.29, 1.82) is 0 Å². The standard InChI is InChI=1S/C17H23BrN2O/c1-13-3-2-7-19(13)9-10-20-8-6-14-4-5-15(18)11-16(14)17(20)12-21/h4-5,11-13,17H,2-3,6-10H2,1H3/t13?,17-/m0/s1. The second-order valence-corrected chi connectivity index (χ2v) is 7.15. The Balaban J connectivity index is 1.70. The number of halogens is 1. The molecule has 3 nitrogen and oxygen atoms in total. The largest absolute Gasteiger partial charge is 0.301 e. The summed E-state index contributed by atoms with van der Waals surface area (Å²) in [5, 5.41) is 0. The molecule has 1 fully saturated rings.